The number of carboxylic acid groups (broad SMARTS) is 1. The van der Waals surface area contributed by atoms with Gasteiger partial charge in [-0.25, -0.2) is 4.79 Å². The Morgan fingerprint density at radius 3 is 2.70 bits per heavy atom. The van der Waals surface area contributed by atoms with Gasteiger partial charge in [0, 0.05) is 23.5 Å². The number of thioether (sulfide) groups is 1. The predicted molar refractivity (Wildman–Crippen MR) is 131 cm³/mol. The van der Waals surface area contributed by atoms with Crippen LogP contribution in [0.3, 0.4) is 0 Å². The van der Waals surface area contributed by atoms with Gasteiger partial charge in [-0.1, -0.05) is 23.7 Å². The number of benzene rings is 2. The van der Waals surface area contributed by atoms with Gasteiger partial charge in [0.1, 0.15) is 0 Å². The zero-order valence-electron chi connectivity index (χ0n) is 18.9. The van der Waals surface area contributed by atoms with Crippen molar-refractivity contribution in [3.8, 4) is 0 Å². The molecule has 3 amide bonds. The van der Waals surface area contributed by atoms with Crippen molar-refractivity contribution in [1.29, 1.82) is 0 Å². The van der Waals surface area contributed by atoms with Crippen LogP contribution in [0, 0.1) is 0 Å². The van der Waals surface area contributed by atoms with E-state index in [-0.39, 0.29) is 35.1 Å². The highest BCUT2D eigenvalue weighted by Crippen LogP contribution is 2.37. The monoisotopic (exact) mass is 550 g/mol. The Morgan fingerprint density at radius 1 is 1.22 bits per heavy atom. The van der Waals surface area contributed by atoms with Gasteiger partial charge in [0.25, 0.3) is 11.1 Å². The number of rotatable bonds is 4. The van der Waals surface area contributed by atoms with Crippen molar-refractivity contribution in [1.82, 2.24) is 19.6 Å². The SMILES string of the molecule is O=C(O)N1CC[C@@H](N2C(=O)S/C(=C\c3ccc4c(cnn4Cc4ccc(Cl)cc4C(F)(F)F)c3)C2=O)C1. The van der Waals surface area contributed by atoms with E-state index in [2.05, 4.69) is 5.10 Å². The number of likely N-dealkylation sites (tertiary alicyclic amines) is 1. The van der Waals surface area contributed by atoms with Gasteiger partial charge < -0.3 is 10.0 Å². The van der Waals surface area contributed by atoms with Crippen LogP contribution < -0.4 is 0 Å². The number of nitrogens with zero attached hydrogens (tertiary/aromatic N) is 4. The fraction of sp³-hybridized carbons (Fsp3) is 0.250. The van der Waals surface area contributed by atoms with E-state index in [0.717, 1.165) is 22.7 Å². The molecule has 1 atom stereocenters. The minimum Gasteiger partial charge on any atom is -0.465 e. The molecular formula is C24H18ClF3N4O4S. The van der Waals surface area contributed by atoms with E-state index in [1.54, 1.807) is 24.3 Å². The van der Waals surface area contributed by atoms with E-state index in [0.29, 0.717) is 22.9 Å². The molecule has 1 aromatic heterocycles. The van der Waals surface area contributed by atoms with Crippen molar-refractivity contribution in [2.75, 3.05) is 13.1 Å². The molecule has 2 aromatic carbocycles. The lowest BCUT2D eigenvalue weighted by molar-refractivity contribution is -0.138. The Balaban J connectivity index is 1.37. The summed E-state index contributed by atoms with van der Waals surface area (Å²) in [6.45, 7) is 0.208. The van der Waals surface area contributed by atoms with Crippen LogP contribution in [-0.2, 0) is 17.5 Å². The summed E-state index contributed by atoms with van der Waals surface area (Å²) in [6, 6.07) is 8.19. The molecule has 0 bridgehead atoms. The third-order valence-electron chi connectivity index (χ3n) is 6.28. The Kier molecular flexibility index (Phi) is 6.40. The molecule has 13 heteroatoms. The number of alkyl halides is 3. The van der Waals surface area contributed by atoms with Gasteiger partial charge in [0.2, 0.25) is 0 Å². The average Bonchev–Trinajstić information content (AvgIpc) is 3.53. The molecule has 37 heavy (non-hydrogen) atoms. The summed E-state index contributed by atoms with van der Waals surface area (Å²) in [5.74, 6) is -0.481. The second kappa shape index (κ2) is 9.42. The molecule has 2 saturated heterocycles. The topological polar surface area (TPSA) is 95.7 Å². The zero-order valence-corrected chi connectivity index (χ0v) is 20.5. The van der Waals surface area contributed by atoms with Crippen molar-refractivity contribution in [3.63, 3.8) is 0 Å². The van der Waals surface area contributed by atoms with Gasteiger partial charge in [0.05, 0.1) is 34.8 Å². The molecule has 0 unspecified atom stereocenters. The Labute approximate surface area is 217 Å². The van der Waals surface area contributed by atoms with E-state index in [9.17, 15) is 27.6 Å². The van der Waals surface area contributed by atoms with Gasteiger partial charge in [-0.15, -0.1) is 0 Å². The second-order valence-electron chi connectivity index (χ2n) is 8.64. The molecule has 0 aliphatic carbocycles. The summed E-state index contributed by atoms with van der Waals surface area (Å²) in [7, 11) is 0. The zero-order chi connectivity index (χ0) is 26.5. The van der Waals surface area contributed by atoms with Gasteiger partial charge in [-0.3, -0.25) is 19.2 Å². The largest absolute Gasteiger partial charge is 0.465 e. The highest BCUT2D eigenvalue weighted by Gasteiger charge is 2.43. The molecule has 2 aliphatic heterocycles. The average molecular weight is 551 g/mol. The van der Waals surface area contributed by atoms with Crippen LogP contribution >= 0.6 is 23.4 Å². The van der Waals surface area contributed by atoms with Crippen molar-refractivity contribution in [2.24, 2.45) is 0 Å². The maximum atomic E-state index is 13.5. The number of amides is 3. The van der Waals surface area contributed by atoms with Crippen LogP contribution in [0.4, 0.5) is 22.8 Å². The lowest BCUT2D eigenvalue weighted by Gasteiger charge is -2.20. The molecule has 5 rings (SSSR count). The number of hydrogen-bond acceptors (Lipinski definition) is 5. The smallest absolute Gasteiger partial charge is 0.416 e. The highest BCUT2D eigenvalue weighted by molar-refractivity contribution is 8.18. The van der Waals surface area contributed by atoms with E-state index in [4.69, 9.17) is 16.7 Å². The highest BCUT2D eigenvalue weighted by atomic mass is 35.5. The molecule has 3 aromatic rings. The van der Waals surface area contributed by atoms with E-state index < -0.39 is 35.0 Å². The van der Waals surface area contributed by atoms with Crippen molar-refractivity contribution in [3.05, 3.63) is 69.2 Å². The summed E-state index contributed by atoms with van der Waals surface area (Å²) in [4.78, 5) is 39.1. The quantitative estimate of drug-likeness (QED) is 0.428. The maximum Gasteiger partial charge on any atom is 0.416 e. The van der Waals surface area contributed by atoms with Crippen LogP contribution in [0.2, 0.25) is 5.02 Å². The standard InChI is InChI=1S/C24H18ClF3N4O4S/c25-16-3-2-14(18(9-16)24(26,27)28)11-31-19-4-1-13(7-15(19)10-29-31)8-20-21(33)32(23(36)37-20)17-5-6-30(12-17)22(34)35/h1-4,7-10,17H,5-6,11-12H2,(H,34,35)/b20-8-/t17-/m1/s1. The molecule has 0 saturated carbocycles. The predicted octanol–water partition coefficient (Wildman–Crippen LogP) is 5.55. The summed E-state index contributed by atoms with van der Waals surface area (Å²) in [6.07, 6.45) is -2.20. The van der Waals surface area contributed by atoms with Gasteiger partial charge in [-0.05, 0) is 59.7 Å². The van der Waals surface area contributed by atoms with Crippen LogP contribution in [-0.4, -0.2) is 61.1 Å². The third-order valence-corrected chi connectivity index (χ3v) is 7.40. The molecule has 0 spiro atoms. The van der Waals surface area contributed by atoms with Crippen LogP contribution in [0.25, 0.3) is 17.0 Å². The molecule has 3 heterocycles. The first-order chi connectivity index (χ1) is 17.5. The Hall–Kier alpha value is -3.51. The minimum atomic E-state index is -4.57. The second-order valence-corrected chi connectivity index (χ2v) is 10.1. The maximum absolute atomic E-state index is 13.5. The molecule has 2 fully saturated rings. The van der Waals surface area contributed by atoms with Crippen molar-refractivity contribution < 1.29 is 32.7 Å². The van der Waals surface area contributed by atoms with Gasteiger partial charge in [0.15, 0.2) is 0 Å². The molecular weight excluding hydrogens is 533 g/mol. The first-order valence-electron chi connectivity index (χ1n) is 11.1. The van der Waals surface area contributed by atoms with Gasteiger partial charge >= 0.3 is 12.3 Å². The van der Waals surface area contributed by atoms with E-state index in [1.165, 1.54) is 27.9 Å². The summed E-state index contributed by atoms with van der Waals surface area (Å²) < 4.78 is 41.9. The van der Waals surface area contributed by atoms with Crippen LogP contribution in [0.5, 0.6) is 0 Å². The number of aromatic nitrogens is 2. The van der Waals surface area contributed by atoms with E-state index in [1.807, 2.05) is 0 Å². The molecule has 8 nitrogen and oxygen atoms in total. The molecule has 192 valence electrons. The third kappa shape index (κ3) is 4.90. The number of carbonyl (C=O) groups excluding carboxylic acids is 2. The first-order valence-corrected chi connectivity index (χ1v) is 12.3. The number of carbonyl (C=O) groups is 3. The lowest BCUT2D eigenvalue weighted by Crippen LogP contribution is -2.41. The van der Waals surface area contributed by atoms with Crippen molar-refractivity contribution >= 4 is 57.6 Å². The molecule has 0 radical (unpaired) electrons. The normalized spacial score (nSPS) is 19.6. The lowest BCUT2D eigenvalue weighted by atomic mass is 10.1. The summed E-state index contributed by atoms with van der Waals surface area (Å²) in [5, 5.41) is 13.6. The summed E-state index contributed by atoms with van der Waals surface area (Å²) >= 11 is 6.55. The van der Waals surface area contributed by atoms with E-state index >= 15 is 0 Å². The van der Waals surface area contributed by atoms with Crippen LogP contribution in [0.15, 0.2) is 47.5 Å². The molecule has 1 N–H and O–H groups in total. The first kappa shape index (κ1) is 25.2. The number of imide groups is 1. The fourth-order valence-corrected chi connectivity index (χ4v) is 5.58. The Morgan fingerprint density at radius 2 is 2.00 bits per heavy atom. The fourth-order valence-electron chi connectivity index (χ4n) is 4.51. The number of hydrogen-bond donors (Lipinski definition) is 1. The van der Waals surface area contributed by atoms with Crippen LogP contribution in [0.1, 0.15) is 23.1 Å². The minimum absolute atomic E-state index is 0.0115. The summed E-state index contributed by atoms with van der Waals surface area (Å²) in [5.41, 5.74) is 0.393. The van der Waals surface area contributed by atoms with Gasteiger partial charge in [-0.2, -0.15) is 18.3 Å². The number of fused-ring (bicyclic) bond motifs is 1. The Bertz CT molecular complexity index is 1470. The van der Waals surface area contributed by atoms with Crippen molar-refractivity contribution in [2.45, 2.75) is 25.2 Å². The number of halogens is 4. The molecule has 2 aliphatic rings.